The summed E-state index contributed by atoms with van der Waals surface area (Å²) in [6.07, 6.45) is 2.69. The van der Waals surface area contributed by atoms with E-state index in [4.69, 9.17) is 21.1 Å². The van der Waals surface area contributed by atoms with Crippen LogP contribution in [0.2, 0.25) is 5.15 Å². The number of ether oxygens (including phenoxy) is 2. The molecule has 15 heteroatoms. The van der Waals surface area contributed by atoms with Gasteiger partial charge in [0.25, 0.3) is 0 Å². The number of halogens is 2. The largest absolute Gasteiger partial charge is 0.439 e. The van der Waals surface area contributed by atoms with E-state index in [2.05, 4.69) is 46.5 Å². The van der Waals surface area contributed by atoms with E-state index in [1.54, 1.807) is 78.9 Å². The molecule has 55 heavy (non-hydrogen) atoms. The van der Waals surface area contributed by atoms with Crippen LogP contribution in [0.25, 0.3) is 0 Å². The number of hydrogen-bond acceptors (Lipinski definition) is 9. The summed E-state index contributed by atoms with van der Waals surface area (Å²) in [5.74, 6) is 1.99. The smallest absolute Gasteiger partial charge is 0.323 e. The summed E-state index contributed by atoms with van der Waals surface area (Å²) in [4.78, 5) is 39.9. The maximum atomic E-state index is 13.0. The topological polar surface area (TPSA) is 164 Å². The number of rotatable bonds is 10. The fourth-order valence-corrected chi connectivity index (χ4v) is 4.74. The third kappa shape index (κ3) is 12.3. The second-order valence-corrected chi connectivity index (χ2v) is 11.6. The van der Waals surface area contributed by atoms with Gasteiger partial charge in [-0.3, -0.25) is 0 Å². The Morgan fingerprint density at radius 2 is 0.909 bits per heavy atom. The normalized spacial score (nSPS) is 10.1. The second kappa shape index (κ2) is 18.8. The van der Waals surface area contributed by atoms with E-state index in [1.165, 1.54) is 30.9 Å². The van der Waals surface area contributed by atoms with Crippen molar-refractivity contribution in [2.75, 3.05) is 26.6 Å². The summed E-state index contributed by atoms with van der Waals surface area (Å²) in [5.41, 5.74) is 3.36. The molecule has 7 rings (SSSR count). The fraction of sp³-hybridized carbons (Fsp3) is 0. The number of urea groups is 2. The molecule has 2 aromatic heterocycles. The summed E-state index contributed by atoms with van der Waals surface area (Å²) in [6, 6.07) is 40.5. The first-order valence-corrected chi connectivity index (χ1v) is 16.8. The highest BCUT2D eigenvalue weighted by atomic mass is 35.5. The number of para-hydroxylation sites is 2. The average Bonchev–Trinajstić information content (AvgIpc) is 3.18. The van der Waals surface area contributed by atoms with Gasteiger partial charge in [0.15, 0.2) is 0 Å². The Hall–Kier alpha value is -7.58. The van der Waals surface area contributed by atoms with Gasteiger partial charge >= 0.3 is 12.1 Å². The molecule has 5 N–H and O–H groups in total. The van der Waals surface area contributed by atoms with Gasteiger partial charge < -0.3 is 36.1 Å². The molecule has 0 aliphatic rings. The number of hydrogen-bond donors (Lipinski definition) is 5. The summed E-state index contributed by atoms with van der Waals surface area (Å²) < 4.78 is 24.3. The molecular weight excluding hydrogens is 725 g/mol. The zero-order valence-electron chi connectivity index (χ0n) is 28.7. The van der Waals surface area contributed by atoms with Gasteiger partial charge in [0.05, 0.1) is 0 Å². The van der Waals surface area contributed by atoms with E-state index in [9.17, 15) is 14.0 Å². The van der Waals surface area contributed by atoms with Crippen molar-refractivity contribution < 1.29 is 23.5 Å². The van der Waals surface area contributed by atoms with E-state index in [1.807, 2.05) is 48.5 Å². The molecule has 0 aliphatic carbocycles. The molecule has 0 unspecified atom stereocenters. The third-order valence-electron chi connectivity index (χ3n) is 7.10. The Morgan fingerprint density at radius 1 is 0.491 bits per heavy atom. The number of anilines is 6. The van der Waals surface area contributed by atoms with Crippen molar-refractivity contribution in [1.82, 2.24) is 19.9 Å². The number of amides is 4. The number of carbonyl (C=O) groups excluding carboxylic acids is 2. The molecule has 274 valence electrons. The summed E-state index contributed by atoms with van der Waals surface area (Å²) in [5, 5.41) is 14.3. The van der Waals surface area contributed by atoms with E-state index in [0.29, 0.717) is 57.0 Å². The quantitative estimate of drug-likeness (QED) is 0.0854. The number of benzene rings is 5. The van der Waals surface area contributed by atoms with Crippen LogP contribution in [-0.4, -0.2) is 32.0 Å². The van der Waals surface area contributed by atoms with Crippen molar-refractivity contribution in [3.63, 3.8) is 0 Å². The predicted octanol–water partition coefficient (Wildman–Crippen LogP) is 10.4. The minimum Gasteiger partial charge on any atom is -0.439 e. The van der Waals surface area contributed by atoms with Crippen LogP contribution in [-0.2, 0) is 0 Å². The minimum atomic E-state index is -0.341. The van der Waals surface area contributed by atoms with E-state index < -0.39 is 0 Å². The molecule has 0 saturated heterocycles. The maximum absolute atomic E-state index is 13.0. The molecule has 2 heterocycles. The minimum absolute atomic E-state index is 0.302. The Balaban J connectivity index is 0.000000193. The van der Waals surface area contributed by atoms with E-state index in [0.717, 1.165) is 5.69 Å². The third-order valence-corrected chi connectivity index (χ3v) is 7.31. The Morgan fingerprint density at radius 3 is 1.38 bits per heavy atom. The monoisotopic (exact) mass is 755 g/mol. The molecule has 0 radical (unpaired) electrons. The van der Waals surface area contributed by atoms with Crippen molar-refractivity contribution >= 4 is 57.9 Å². The lowest BCUT2D eigenvalue weighted by Crippen LogP contribution is -2.19. The first kappa shape index (κ1) is 37.2. The van der Waals surface area contributed by atoms with Gasteiger partial charge in [-0.1, -0.05) is 48.0 Å². The molecule has 4 amide bonds. The van der Waals surface area contributed by atoms with Crippen molar-refractivity contribution in [2.24, 2.45) is 0 Å². The number of nitrogens with zero attached hydrogens (tertiary/aromatic N) is 4. The molecule has 5 aromatic carbocycles. The summed E-state index contributed by atoms with van der Waals surface area (Å²) in [6.45, 7) is 0. The zero-order chi connectivity index (χ0) is 38.2. The van der Waals surface area contributed by atoms with Crippen LogP contribution in [0.4, 0.5) is 48.2 Å². The Bertz CT molecular complexity index is 2310. The van der Waals surface area contributed by atoms with Crippen molar-refractivity contribution in [1.29, 1.82) is 0 Å². The van der Waals surface area contributed by atoms with Gasteiger partial charge in [-0.05, 0) is 97.1 Å². The maximum Gasteiger partial charge on any atom is 0.323 e. The van der Waals surface area contributed by atoms with Crippen LogP contribution in [0, 0.1) is 5.82 Å². The lowest BCUT2D eigenvalue weighted by molar-refractivity contribution is 0.261. The molecule has 0 atom stereocenters. The molecule has 0 aliphatic heterocycles. The number of carbonyl (C=O) groups is 2. The molecule has 0 fully saturated rings. The molecule has 13 nitrogen and oxygen atoms in total. The van der Waals surface area contributed by atoms with Gasteiger partial charge in [-0.25, -0.2) is 33.9 Å². The molecule has 0 saturated carbocycles. The average molecular weight is 756 g/mol. The van der Waals surface area contributed by atoms with Crippen LogP contribution in [0.5, 0.6) is 23.3 Å². The van der Waals surface area contributed by atoms with E-state index >= 15 is 0 Å². The van der Waals surface area contributed by atoms with Gasteiger partial charge in [-0.2, -0.15) is 0 Å². The van der Waals surface area contributed by atoms with Crippen molar-refractivity contribution in [3.8, 4) is 23.3 Å². The van der Waals surface area contributed by atoms with Gasteiger partial charge in [0.1, 0.15) is 40.9 Å². The first-order valence-electron chi connectivity index (χ1n) is 16.5. The highest BCUT2D eigenvalue weighted by Crippen LogP contribution is 2.25. The van der Waals surface area contributed by atoms with Gasteiger partial charge in [0.2, 0.25) is 11.8 Å². The van der Waals surface area contributed by atoms with Crippen LogP contribution in [0.3, 0.4) is 0 Å². The van der Waals surface area contributed by atoms with Crippen LogP contribution in [0.15, 0.2) is 158 Å². The highest BCUT2D eigenvalue weighted by Gasteiger charge is 2.07. The van der Waals surface area contributed by atoms with Gasteiger partial charge in [-0.15, -0.1) is 0 Å². The van der Waals surface area contributed by atoms with Gasteiger partial charge in [0, 0.05) is 40.6 Å². The van der Waals surface area contributed by atoms with Crippen LogP contribution in [0.1, 0.15) is 0 Å². The second-order valence-electron chi connectivity index (χ2n) is 11.2. The number of nitrogens with one attached hydrogen (secondary N) is 5. The van der Waals surface area contributed by atoms with Crippen LogP contribution < -0.4 is 36.1 Å². The van der Waals surface area contributed by atoms with Crippen molar-refractivity contribution in [2.45, 2.75) is 0 Å². The standard InChI is InChI=1S/C23H18FN5O2.C17H13ClN4O2/c24-16-6-8-18(9-7-16)27-21-14-22(26-15-25-21)31-20-12-10-19(11-13-20)29-23(30)28-17-4-2-1-3-5-17;18-15-10-16(20-11-19-15)24-14-8-6-13(7-9-14)22-17(23)21-12-4-2-1-3-5-12/h1-15H,(H,25,26,27)(H2,28,29,30);1-11H,(H2,21,22,23). The lowest BCUT2D eigenvalue weighted by atomic mass is 10.3. The lowest BCUT2D eigenvalue weighted by Gasteiger charge is -2.10. The number of aromatic nitrogens is 4. The summed E-state index contributed by atoms with van der Waals surface area (Å²) in [7, 11) is 0. The molecule has 0 bridgehead atoms. The zero-order valence-corrected chi connectivity index (χ0v) is 29.4. The Labute approximate surface area is 319 Å². The molecular formula is C40H31ClFN9O4. The molecule has 0 spiro atoms. The highest BCUT2D eigenvalue weighted by molar-refractivity contribution is 6.29. The fourth-order valence-electron chi connectivity index (χ4n) is 4.60. The predicted molar refractivity (Wildman–Crippen MR) is 210 cm³/mol. The van der Waals surface area contributed by atoms with Crippen molar-refractivity contribution in [3.05, 3.63) is 169 Å². The van der Waals surface area contributed by atoms with E-state index in [-0.39, 0.29) is 17.9 Å². The van der Waals surface area contributed by atoms with Crippen LogP contribution >= 0.6 is 11.6 Å². The Kier molecular flexibility index (Phi) is 12.7. The first-order chi connectivity index (χ1) is 26.8. The summed E-state index contributed by atoms with van der Waals surface area (Å²) >= 11 is 5.77. The molecule has 7 aromatic rings. The SMILES string of the molecule is O=C(Nc1ccccc1)Nc1ccc(Oc2cc(Cl)ncn2)cc1.O=C(Nc1ccccc1)Nc1ccc(Oc2cc(Nc3ccc(F)cc3)ncn2)cc1.